The molecule has 0 aliphatic rings. The van der Waals surface area contributed by atoms with Gasteiger partial charge in [0.15, 0.2) is 0 Å². The van der Waals surface area contributed by atoms with Crippen molar-refractivity contribution in [3.8, 4) is 0 Å². The van der Waals surface area contributed by atoms with Crippen molar-refractivity contribution in [1.29, 1.82) is 0 Å². The Hall–Kier alpha value is -1.63. The zero-order valence-electron chi connectivity index (χ0n) is 11.0. The van der Waals surface area contributed by atoms with Gasteiger partial charge in [-0.1, -0.05) is 13.8 Å². The molecule has 0 aromatic rings. The lowest BCUT2D eigenvalue weighted by Crippen LogP contribution is -2.51. The van der Waals surface area contributed by atoms with E-state index in [1.807, 2.05) is 13.8 Å². The van der Waals surface area contributed by atoms with Gasteiger partial charge in [0.25, 0.3) is 0 Å². The molecule has 0 aliphatic heterocycles. The fourth-order valence-corrected chi connectivity index (χ4v) is 1.41. The molecule has 2 unspecified atom stereocenters. The zero-order chi connectivity index (χ0) is 14.3. The van der Waals surface area contributed by atoms with E-state index in [-0.39, 0.29) is 12.5 Å². The molecule has 0 heterocycles. The van der Waals surface area contributed by atoms with Gasteiger partial charge in [0.2, 0.25) is 5.91 Å². The highest BCUT2D eigenvalue weighted by Crippen LogP contribution is 2.03. The van der Waals surface area contributed by atoms with Gasteiger partial charge in [-0.15, -0.1) is 0 Å². The SMILES string of the molecule is COC(=O)C(NCC(NC(C)=O)C(=O)O)C(C)C. The molecule has 0 bridgehead atoms. The van der Waals surface area contributed by atoms with Crippen molar-refractivity contribution >= 4 is 17.8 Å². The standard InChI is InChI=1S/C11H20N2O5/c1-6(2)9(11(17)18-4)12-5-8(10(15)16)13-7(3)14/h6,8-9,12H,5H2,1-4H3,(H,13,14)(H,15,16). The van der Waals surface area contributed by atoms with Crippen molar-refractivity contribution in [2.45, 2.75) is 32.9 Å². The summed E-state index contributed by atoms with van der Waals surface area (Å²) >= 11 is 0. The quantitative estimate of drug-likeness (QED) is 0.526. The lowest BCUT2D eigenvalue weighted by Gasteiger charge is -2.22. The van der Waals surface area contributed by atoms with E-state index in [2.05, 4.69) is 15.4 Å². The van der Waals surface area contributed by atoms with Crippen molar-refractivity contribution in [3.63, 3.8) is 0 Å². The Morgan fingerprint density at radius 3 is 2.17 bits per heavy atom. The minimum Gasteiger partial charge on any atom is -0.480 e. The minimum absolute atomic E-state index is 0.0487. The first-order valence-corrected chi connectivity index (χ1v) is 5.60. The summed E-state index contributed by atoms with van der Waals surface area (Å²) < 4.78 is 4.61. The van der Waals surface area contributed by atoms with Gasteiger partial charge >= 0.3 is 11.9 Å². The third-order valence-corrected chi connectivity index (χ3v) is 2.34. The van der Waals surface area contributed by atoms with E-state index in [1.165, 1.54) is 14.0 Å². The molecule has 7 nitrogen and oxygen atoms in total. The second kappa shape index (κ2) is 7.65. The number of carbonyl (C=O) groups is 3. The largest absolute Gasteiger partial charge is 0.480 e. The zero-order valence-corrected chi connectivity index (χ0v) is 11.0. The lowest BCUT2D eigenvalue weighted by atomic mass is 10.0. The van der Waals surface area contributed by atoms with E-state index in [4.69, 9.17) is 5.11 Å². The summed E-state index contributed by atoms with van der Waals surface area (Å²) in [7, 11) is 1.27. The number of carboxylic acids is 1. The number of ether oxygens (including phenoxy) is 1. The summed E-state index contributed by atoms with van der Waals surface area (Å²) in [4.78, 5) is 33.2. The molecule has 1 amide bonds. The molecule has 0 rings (SSSR count). The molecule has 7 heteroatoms. The fraction of sp³-hybridized carbons (Fsp3) is 0.727. The number of aliphatic carboxylic acids is 1. The van der Waals surface area contributed by atoms with E-state index in [0.717, 1.165) is 0 Å². The molecule has 0 radical (unpaired) electrons. The molecular formula is C11H20N2O5. The molecule has 0 fully saturated rings. The topological polar surface area (TPSA) is 105 Å². The lowest BCUT2D eigenvalue weighted by molar-refractivity contribution is -0.145. The average Bonchev–Trinajstić information content (AvgIpc) is 2.26. The summed E-state index contributed by atoms with van der Waals surface area (Å²) in [5.74, 6) is -2.12. The average molecular weight is 260 g/mol. The van der Waals surface area contributed by atoms with Crippen molar-refractivity contribution in [1.82, 2.24) is 10.6 Å². The maximum Gasteiger partial charge on any atom is 0.327 e. The minimum atomic E-state index is -1.16. The van der Waals surface area contributed by atoms with Gasteiger partial charge < -0.3 is 20.5 Å². The summed E-state index contributed by atoms with van der Waals surface area (Å²) in [6, 6.07) is -1.68. The smallest absolute Gasteiger partial charge is 0.327 e. The Labute approximate surface area is 106 Å². The maximum atomic E-state index is 11.4. The van der Waals surface area contributed by atoms with Gasteiger partial charge in [-0.3, -0.25) is 9.59 Å². The van der Waals surface area contributed by atoms with E-state index >= 15 is 0 Å². The molecule has 0 spiro atoms. The van der Waals surface area contributed by atoms with E-state index in [0.29, 0.717) is 0 Å². The first-order chi connectivity index (χ1) is 8.29. The first-order valence-electron chi connectivity index (χ1n) is 5.60. The molecule has 0 aromatic heterocycles. The third kappa shape index (κ3) is 5.62. The molecule has 0 saturated heterocycles. The third-order valence-electron chi connectivity index (χ3n) is 2.34. The normalized spacial score (nSPS) is 13.8. The van der Waals surface area contributed by atoms with Gasteiger partial charge in [-0.2, -0.15) is 0 Å². The van der Waals surface area contributed by atoms with Gasteiger partial charge in [-0.25, -0.2) is 4.79 Å². The number of hydrogen-bond donors (Lipinski definition) is 3. The van der Waals surface area contributed by atoms with Crippen molar-refractivity contribution in [2.75, 3.05) is 13.7 Å². The summed E-state index contributed by atoms with van der Waals surface area (Å²) in [6.45, 7) is 4.80. The Balaban J connectivity index is 4.51. The predicted octanol–water partition coefficient (Wildman–Crippen LogP) is -0.637. The number of carbonyl (C=O) groups excluding carboxylic acids is 2. The van der Waals surface area contributed by atoms with Crippen LogP contribution < -0.4 is 10.6 Å². The first kappa shape index (κ1) is 16.4. The summed E-state index contributed by atoms with van der Waals surface area (Å²) in [5.41, 5.74) is 0. The fourth-order valence-electron chi connectivity index (χ4n) is 1.41. The van der Waals surface area contributed by atoms with Crippen LogP contribution in [0.4, 0.5) is 0 Å². The molecule has 18 heavy (non-hydrogen) atoms. The number of esters is 1. The molecular weight excluding hydrogens is 240 g/mol. The Morgan fingerprint density at radius 1 is 1.28 bits per heavy atom. The molecule has 3 N–H and O–H groups in total. The van der Waals surface area contributed by atoms with Crippen LogP contribution in [0.3, 0.4) is 0 Å². The van der Waals surface area contributed by atoms with Crippen LogP contribution in [0.25, 0.3) is 0 Å². The summed E-state index contributed by atoms with van der Waals surface area (Å²) in [5, 5.41) is 14.0. The molecule has 2 atom stereocenters. The number of methoxy groups -OCH3 is 1. The number of hydrogen-bond acceptors (Lipinski definition) is 5. The predicted molar refractivity (Wildman–Crippen MR) is 63.9 cm³/mol. The van der Waals surface area contributed by atoms with Crippen LogP contribution in [0.2, 0.25) is 0 Å². The van der Waals surface area contributed by atoms with Crippen LogP contribution in [0.1, 0.15) is 20.8 Å². The Kier molecular flexibility index (Phi) is 6.96. The van der Waals surface area contributed by atoms with E-state index in [9.17, 15) is 14.4 Å². The molecule has 0 aromatic carbocycles. The number of amides is 1. The van der Waals surface area contributed by atoms with Crippen LogP contribution in [0.5, 0.6) is 0 Å². The monoisotopic (exact) mass is 260 g/mol. The highest BCUT2D eigenvalue weighted by Gasteiger charge is 2.26. The van der Waals surface area contributed by atoms with Crippen LogP contribution >= 0.6 is 0 Å². The van der Waals surface area contributed by atoms with E-state index < -0.39 is 29.9 Å². The Bertz CT molecular complexity index is 317. The van der Waals surface area contributed by atoms with Crippen LogP contribution in [0, 0.1) is 5.92 Å². The van der Waals surface area contributed by atoms with Crippen LogP contribution in [-0.4, -0.2) is 48.7 Å². The number of rotatable bonds is 7. The molecule has 0 saturated carbocycles. The molecule has 104 valence electrons. The van der Waals surface area contributed by atoms with Crippen LogP contribution in [-0.2, 0) is 19.1 Å². The highest BCUT2D eigenvalue weighted by molar-refractivity contribution is 5.82. The Morgan fingerprint density at radius 2 is 1.83 bits per heavy atom. The van der Waals surface area contributed by atoms with Gasteiger partial charge in [0.1, 0.15) is 12.1 Å². The molecule has 0 aliphatic carbocycles. The van der Waals surface area contributed by atoms with Gasteiger partial charge in [0.05, 0.1) is 7.11 Å². The van der Waals surface area contributed by atoms with Crippen LogP contribution in [0.15, 0.2) is 0 Å². The highest BCUT2D eigenvalue weighted by atomic mass is 16.5. The van der Waals surface area contributed by atoms with Crippen molar-refractivity contribution in [3.05, 3.63) is 0 Å². The maximum absolute atomic E-state index is 11.4. The number of nitrogens with one attached hydrogen (secondary N) is 2. The van der Waals surface area contributed by atoms with Crippen molar-refractivity contribution in [2.24, 2.45) is 5.92 Å². The second-order valence-electron chi connectivity index (χ2n) is 4.24. The van der Waals surface area contributed by atoms with Crippen molar-refractivity contribution < 1.29 is 24.2 Å². The number of carboxylic acid groups (broad SMARTS) is 1. The second-order valence-corrected chi connectivity index (χ2v) is 4.24. The van der Waals surface area contributed by atoms with Gasteiger partial charge in [-0.05, 0) is 5.92 Å². The van der Waals surface area contributed by atoms with E-state index in [1.54, 1.807) is 0 Å². The van der Waals surface area contributed by atoms with Gasteiger partial charge in [0, 0.05) is 13.5 Å². The summed E-state index contributed by atoms with van der Waals surface area (Å²) in [6.07, 6.45) is 0.